The Morgan fingerprint density at radius 1 is 0.824 bits per heavy atom. The number of carbonyl (C=O) groups is 6. The van der Waals surface area contributed by atoms with Crippen molar-refractivity contribution in [3.63, 3.8) is 0 Å². The molecule has 0 aliphatic carbocycles. The third-order valence-electron chi connectivity index (χ3n) is 4.85. The average Bonchev–Trinajstić information content (AvgIpc) is 2.73. The minimum atomic E-state index is -1.49. The molecule has 4 unspecified atom stereocenters. The van der Waals surface area contributed by atoms with Crippen LogP contribution in [0.25, 0.3) is 0 Å². The molecule has 0 aliphatic rings. The van der Waals surface area contributed by atoms with E-state index in [1.165, 1.54) is 0 Å². The van der Waals surface area contributed by atoms with Crippen molar-refractivity contribution in [2.45, 2.75) is 76.5 Å². The molecule has 0 fully saturated rings. The number of hydrogen-bond acceptors (Lipinski definition) is 8. The summed E-state index contributed by atoms with van der Waals surface area (Å²) in [5.74, 6) is -6.35. The van der Waals surface area contributed by atoms with Crippen molar-refractivity contribution in [2.24, 2.45) is 23.1 Å². The van der Waals surface area contributed by atoms with Gasteiger partial charge in [0.15, 0.2) is 0 Å². The molecule has 11 N–H and O–H groups in total. The van der Waals surface area contributed by atoms with Crippen molar-refractivity contribution < 1.29 is 39.0 Å². The molecule has 0 aromatic heterocycles. The molecule has 0 saturated heterocycles. The first kappa shape index (κ1) is 30.7. The van der Waals surface area contributed by atoms with Crippen LogP contribution in [0.3, 0.4) is 0 Å². The van der Waals surface area contributed by atoms with Gasteiger partial charge in [-0.2, -0.15) is 0 Å². The molecule has 0 aromatic carbocycles. The number of carboxylic acid groups (broad SMARTS) is 2. The van der Waals surface area contributed by atoms with Crippen molar-refractivity contribution in [1.29, 1.82) is 0 Å². The zero-order valence-electron chi connectivity index (χ0n) is 19.4. The Morgan fingerprint density at radius 2 is 1.41 bits per heavy atom. The molecule has 4 amide bonds. The van der Waals surface area contributed by atoms with Gasteiger partial charge in [0.1, 0.15) is 18.1 Å². The SMILES string of the molecule is CC(C)C(NC(=O)C(N)CCC(=O)O)C(=O)NC(CC(N)=O)C(=O)NC(CCCCN)C(=O)O. The summed E-state index contributed by atoms with van der Waals surface area (Å²) in [4.78, 5) is 71.3. The number of hydrogen-bond donors (Lipinski definition) is 8. The van der Waals surface area contributed by atoms with Crippen LogP contribution >= 0.6 is 0 Å². The zero-order valence-corrected chi connectivity index (χ0v) is 19.4. The molecular weight excluding hydrogens is 452 g/mol. The second-order valence-electron chi connectivity index (χ2n) is 8.18. The fraction of sp³-hybridized carbons (Fsp3) is 0.700. The third-order valence-corrected chi connectivity index (χ3v) is 4.85. The van der Waals surface area contributed by atoms with E-state index < -0.39 is 72.1 Å². The minimum absolute atomic E-state index is 0.0917. The predicted molar refractivity (Wildman–Crippen MR) is 120 cm³/mol. The maximum atomic E-state index is 12.8. The summed E-state index contributed by atoms with van der Waals surface area (Å²) in [6.45, 7) is 3.56. The molecule has 0 heterocycles. The van der Waals surface area contributed by atoms with Crippen molar-refractivity contribution in [3.05, 3.63) is 0 Å². The van der Waals surface area contributed by atoms with E-state index in [2.05, 4.69) is 16.0 Å². The molecular formula is C20H36N6O8. The molecule has 0 aromatic rings. The van der Waals surface area contributed by atoms with Gasteiger partial charge >= 0.3 is 11.9 Å². The third kappa shape index (κ3) is 12.1. The van der Waals surface area contributed by atoms with Gasteiger partial charge in [-0.3, -0.25) is 24.0 Å². The Kier molecular flexibility index (Phi) is 14.1. The highest BCUT2D eigenvalue weighted by atomic mass is 16.4. The summed E-state index contributed by atoms with van der Waals surface area (Å²) < 4.78 is 0. The van der Waals surface area contributed by atoms with E-state index in [9.17, 15) is 33.9 Å². The quantitative estimate of drug-likeness (QED) is 0.0988. The highest BCUT2D eigenvalue weighted by Gasteiger charge is 2.32. The molecule has 0 rings (SSSR count). The van der Waals surface area contributed by atoms with Crippen LogP contribution in [0.4, 0.5) is 0 Å². The number of carbonyl (C=O) groups excluding carboxylic acids is 4. The smallest absolute Gasteiger partial charge is 0.326 e. The van der Waals surface area contributed by atoms with Crippen LogP contribution in [-0.4, -0.2) is 76.5 Å². The van der Waals surface area contributed by atoms with Crippen molar-refractivity contribution in [2.75, 3.05) is 6.54 Å². The molecule has 0 radical (unpaired) electrons. The van der Waals surface area contributed by atoms with Crippen LogP contribution in [0.2, 0.25) is 0 Å². The fourth-order valence-electron chi connectivity index (χ4n) is 2.90. The number of primary amides is 1. The molecule has 34 heavy (non-hydrogen) atoms. The van der Waals surface area contributed by atoms with Crippen LogP contribution in [0, 0.1) is 5.92 Å². The van der Waals surface area contributed by atoms with Crippen LogP contribution in [0.15, 0.2) is 0 Å². The first-order chi connectivity index (χ1) is 15.8. The summed E-state index contributed by atoms with van der Waals surface area (Å²) in [5.41, 5.74) is 16.2. The molecule has 4 atom stereocenters. The lowest BCUT2D eigenvalue weighted by Crippen LogP contribution is -2.59. The van der Waals surface area contributed by atoms with Gasteiger partial charge in [-0.15, -0.1) is 0 Å². The van der Waals surface area contributed by atoms with Gasteiger partial charge in [-0.1, -0.05) is 13.8 Å². The van der Waals surface area contributed by atoms with Gasteiger partial charge in [0.2, 0.25) is 23.6 Å². The van der Waals surface area contributed by atoms with Crippen molar-refractivity contribution in [1.82, 2.24) is 16.0 Å². The fourth-order valence-corrected chi connectivity index (χ4v) is 2.90. The molecule has 14 heteroatoms. The molecule has 194 valence electrons. The van der Waals surface area contributed by atoms with Gasteiger partial charge in [0.05, 0.1) is 12.5 Å². The van der Waals surface area contributed by atoms with Crippen LogP contribution < -0.4 is 33.2 Å². The second-order valence-corrected chi connectivity index (χ2v) is 8.18. The number of nitrogens with one attached hydrogen (secondary N) is 3. The molecule has 0 aliphatic heterocycles. The van der Waals surface area contributed by atoms with Crippen LogP contribution in [0.1, 0.15) is 52.4 Å². The Labute approximate surface area is 197 Å². The predicted octanol–water partition coefficient (Wildman–Crippen LogP) is -2.62. The minimum Gasteiger partial charge on any atom is -0.481 e. The Bertz CT molecular complexity index is 745. The van der Waals surface area contributed by atoms with E-state index in [1.807, 2.05) is 0 Å². The van der Waals surface area contributed by atoms with Crippen molar-refractivity contribution in [3.8, 4) is 0 Å². The highest BCUT2D eigenvalue weighted by Crippen LogP contribution is 2.07. The normalized spacial score (nSPS) is 14.4. The Hall–Kier alpha value is -3.26. The van der Waals surface area contributed by atoms with E-state index >= 15 is 0 Å². The van der Waals surface area contributed by atoms with Gasteiger partial charge in [0.25, 0.3) is 0 Å². The number of aliphatic carboxylic acids is 2. The van der Waals surface area contributed by atoms with Crippen molar-refractivity contribution >= 4 is 35.6 Å². The number of amides is 4. The summed E-state index contributed by atoms with van der Waals surface area (Å²) in [6, 6.07) is -5.11. The molecule has 0 saturated carbocycles. The monoisotopic (exact) mass is 488 g/mol. The van der Waals surface area contributed by atoms with E-state index in [0.717, 1.165) is 0 Å². The van der Waals surface area contributed by atoms with E-state index in [-0.39, 0.29) is 19.3 Å². The largest absolute Gasteiger partial charge is 0.481 e. The topological polar surface area (TPSA) is 257 Å². The maximum Gasteiger partial charge on any atom is 0.326 e. The van der Waals surface area contributed by atoms with Gasteiger partial charge < -0.3 is 43.4 Å². The first-order valence-electron chi connectivity index (χ1n) is 10.9. The number of unbranched alkanes of at least 4 members (excludes halogenated alkanes) is 1. The summed E-state index contributed by atoms with van der Waals surface area (Å²) in [5, 5.41) is 25.1. The number of carboxylic acids is 2. The van der Waals surface area contributed by atoms with E-state index in [4.69, 9.17) is 22.3 Å². The molecule has 14 nitrogen and oxygen atoms in total. The lowest BCUT2D eigenvalue weighted by molar-refractivity contribution is -0.143. The van der Waals surface area contributed by atoms with Gasteiger partial charge in [0, 0.05) is 6.42 Å². The molecule has 0 spiro atoms. The Balaban J connectivity index is 5.37. The van der Waals surface area contributed by atoms with Gasteiger partial charge in [-0.05, 0) is 38.1 Å². The van der Waals surface area contributed by atoms with E-state index in [1.54, 1.807) is 13.8 Å². The summed E-state index contributed by atoms with van der Waals surface area (Å²) >= 11 is 0. The van der Waals surface area contributed by atoms with E-state index in [0.29, 0.717) is 19.4 Å². The molecule has 0 bridgehead atoms. The average molecular weight is 489 g/mol. The lowest BCUT2D eigenvalue weighted by atomic mass is 10.0. The van der Waals surface area contributed by atoms with Crippen LogP contribution in [-0.2, 0) is 28.8 Å². The number of nitrogens with two attached hydrogens (primary N) is 3. The Morgan fingerprint density at radius 3 is 1.88 bits per heavy atom. The maximum absolute atomic E-state index is 12.8. The van der Waals surface area contributed by atoms with Crippen LogP contribution in [0.5, 0.6) is 0 Å². The first-order valence-corrected chi connectivity index (χ1v) is 10.9. The second kappa shape index (κ2) is 15.6. The zero-order chi connectivity index (χ0) is 26.4. The lowest BCUT2D eigenvalue weighted by Gasteiger charge is -2.26. The van der Waals surface area contributed by atoms with Gasteiger partial charge in [-0.25, -0.2) is 4.79 Å². The summed E-state index contributed by atoms with van der Waals surface area (Å²) in [6.07, 6.45) is -0.0290. The highest BCUT2D eigenvalue weighted by molar-refractivity contribution is 5.96. The standard InChI is InChI=1S/C20H36N6O8/c1-10(2)16(26-17(30)11(22)6-7-15(28)29)19(32)25-13(9-14(23)27)18(31)24-12(20(33)34)5-3-4-8-21/h10-13,16H,3-9,21-22H2,1-2H3,(H2,23,27)(H,24,31)(H,25,32)(H,26,30)(H,28,29)(H,33,34). The number of rotatable bonds is 17. The summed E-state index contributed by atoms with van der Waals surface area (Å²) in [7, 11) is 0.